The van der Waals surface area contributed by atoms with Crippen molar-refractivity contribution in [3.05, 3.63) is 71.8 Å². The van der Waals surface area contributed by atoms with E-state index in [4.69, 9.17) is 0 Å². The molecule has 1 aliphatic rings. The van der Waals surface area contributed by atoms with Gasteiger partial charge in [0.25, 0.3) is 0 Å². The standard InChI is InChI=1S/C24H29N5O4S2/c1-18-14-19(2)27-24(26-18)28-12-9-21(10-13-28)29(17-20-6-5-11-25-16-20)35(32,33)23-8-4-7-22(15-23)34(3,30)31/h4-8,11,14-16,21H,9-10,12-13,17H2,1-3H3. The maximum absolute atomic E-state index is 13.8. The van der Waals surface area contributed by atoms with E-state index in [0.717, 1.165) is 23.2 Å². The number of rotatable bonds is 7. The highest BCUT2D eigenvalue weighted by atomic mass is 32.2. The van der Waals surface area contributed by atoms with Crippen LogP contribution in [0.2, 0.25) is 0 Å². The zero-order valence-electron chi connectivity index (χ0n) is 20.0. The second kappa shape index (κ2) is 10.00. The van der Waals surface area contributed by atoms with Crippen LogP contribution in [0.25, 0.3) is 0 Å². The largest absolute Gasteiger partial charge is 0.341 e. The van der Waals surface area contributed by atoms with Gasteiger partial charge in [0.05, 0.1) is 9.79 Å². The predicted molar refractivity (Wildman–Crippen MR) is 133 cm³/mol. The maximum Gasteiger partial charge on any atom is 0.243 e. The Hall–Kier alpha value is -2.89. The zero-order valence-corrected chi connectivity index (χ0v) is 21.6. The number of hydrogen-bond donors (Lipinski definition) is 0. The highest BCUT2D eigenvalue weighted by Gasteiger charge is 2.35. The number of nitrogens with zero attached hydrogens (tertiary/aromatic N) is 5. The third-order valence-corrected chi connectivity index (χ3v) is 9.03. The number of hydrogen-bond acceptors (Lipinski definition) is 8. The predicted octanol–water partition coefficient (Wildman–Crippen LogP) is 2.75. The van der Waals surface area contributed by atoms with Crippen molar-refractivity contribution in [3.8, 4) is 0 Å². The lowest BCUT2D eigenvalue weighted by Gasteiger charge is -2.38. The summed E-state index contributed by atoms with van der Waals surface area (Å²) >= 11 is 0. The molecule has 0 radical (unpaired) electrons. The minimum atomic E-state index is -3.99. The quantitative estimate of drug-likeness (QED) is 0.472. The SMILES string of the molecule is Cc1cc(C)nc(N2CCC(N(Cc3cccnc3)S(=O)(=O)c3cccc(S(C)(=O)=O)c3)CC2)n1. The molecule has 35 heavy (non-hydrogen) atoms. The van der Waals surface area contributed by atoms with E-state index in [1.165, 1.54) is 28.6 Å². The lowest BCUT2D eigenvalue weighted by molar-refractivity contribution is 0.267. The number of pyridine rings is 1. The number of anilines is 1. The molecular weight excluding hydrogens is 486 g/mol. The van der Waals surface area contributed by atoms with E-state index in [2.05, 4.69) is 19.9 Å². The first-order chi connectivity index (χ1) is 16.5. The van der Waals surface area contributed by atoms with Gasteiger partial charge in [0.2, 0.25) is 16.0 Å². The third-order valence-electron chi connectivity index (χ3n) is 6.03. The van der Waals surface area contributed by atoms with Gasteiger partial charge >= 0.3 is 0 Å². The van der Waals surface area contributed by atoms with Crippen molar-refractivity contribution in [1.29, 1.82) is 0 Å². The molecule has 0 bridgehead atoms. The summed E-state index contributed by atoms with van der Waals surface area (Å²) in [4.78, 5) is 15.2. The molecule has 1 aliphatic heterocycles. The van der Waals surface area contributed by atoms with E-state index >= 15 is 0 Å². The van der Waals surface area contributed by atoms with Crippen LogP contribution in [0, 0.1) is 13.8 Å². The molecule has 2 aromatic heterocycles. The van der Waals surface area contributed by atoms with Crippen molar-refractivity contribution in [3.63, 3.8) is 0 Å². The first kappa shape index (κ1) is 25.2. The molecule has 1 aromatic carbocycles. The molecule has 4 rings (SSSR count). The Morgan fingerprint density at radius 1 is 0.943 bits per heavy atom. The van der Waals surface area contributed by atoms with Crippen LogP contribution in [0.4, 0.5) is 5.95 Å². The van der Waals surface area contributed by atoms with Gasteiger partial charge in [0, 0.05) is 55.7 Å². The van der Waals surface area contributed by atoms with E-state index < -0.39 is 19.9 Å². The van der Waals surface area contributed by atoms with Gasteiger partial charge in [-0.15, -0.1) is 0 Å². The van der Waals surface area contributed by atoms with Crippen LogP contribution in [0.3, 0.4) is 0 Å². The van der Waals surface area contributed by atoms with Crippen molar-refractivity contribution in [2.45, 2.75) is 49.1 Å². The second-order valence-electron chi connectivity index (χ2n) is 8.83. The van der Waals surface area contributed by atoms with Crippen LogP contribution in [0.1, 0.15) is 29.8 Å². The Bertz CT molecular complexity index is 1380. The molecular formula is C24H29N5O4S2. The van der Waals surface area contributed by atoms with E-state index in [1.54, 1.807) is 18.5 Å². The van der Waals surface area contributed by atoms with Gasteiger partial charge < -0.3 is 4.90 Å². The van der Waals surface area contributed by atoms with E-state index in [9.17, 15) is 16.8 Å². The molecule has 0 N–H and O–H groups in total. The molecule has 0 spiro atoms. The number of aryl methyl sites for hydroxylation is 2. The Balaban J connectivity index is 1.64. The fourth-order valence-corrected chi connectivity index (χ4v) is 6.75. The Labute approximate surface area is 206 Å². The van der Waals surface area contributed by atoms with E-state index in [1.807, 2.05) is 26.0 Å². The summed E-state index contributed by atoms with van der Waals surface area (Å²) in [5, 5.41) is 0. The van der Waals surface area contributed by atoms with Gasteiger partial charge in [0.1, 0.15) is 0 Å². The third kappa shape index (κ3) is 5.85. The van der Waals surface area contributed by atoms with Gasteiger partial charge in [0.15, 0.2) is 9.84 Å². The van der Waals surface area contributed by atoms with Crippen molar-refractivity contribution >= 4 is 25.8 Å². The van der Waals surface area contributed by atoms with Crippen molar-refractivity contribution < 1.29 is 16.8 Å². The monoisotopic (exact) mass is 515 g/mol. The molecule has 9 nitrogen and oxygen atoms in total. The van der Waals surface area contributed by atoms with E-state index in [0.29, 0.717) is 31.9 Å². The first-order valence-electron chi connectivity index (χ1n) is 11.3. The smallest absolute Gasteiger partial charge is 0.243 e. The van der Waals surface area contributed by atoms with Crippen molar-refractivity contribution in [2.75, 3.05) is 24.2 Å². The van der Waals surface area contributed by atoms with Gasteiger partial charge in [-0.3, -0.25) is 4.98 Å². The van der Waals surface area contributed by atoms with Crippen LogP contribution in [-0.4, -0.2) is 61.5 Å². The van der Waals surface area contributed by atoms with Crippen molar-refractivity contribution in [1.82, 2.24) is 19.3 Å². The second-order valence-corrected chi connectivity index (χ2v) is 12.7. The average molecular weight is 516 g/mol. The highest BCUT2D eigenvalue weighted by molar-refractivity contribution is 7.91. The minimum Gasteiger partial charge on any atom is -0.341 e. The zero-order chi connectivity index (χ0) is 25.2. The topological polar surface area (TPSA) is 113 Å². The fourth-order valence-electron chi connectivity index (χ4n) is 4.29. The Kier molecular flexibility index (Phi) is 7.20. The molecule has 186 valence electrons. The summed E-state index contributed by atoms with van der Waals surface area (Å²) in [6, 6.07) is 10.8. The maximum atomic E-state index is 13.8. The van der Waals surface area contributed by atoms with Crippen molar-refractivity contribution in [2.24, 2.45) is 0 Å². The minimum absolute atomic E-state index is 0.0262. The molecule has 11 heteroatoms. The van der Waals surface area contributed by atoms with Crippen LogP contribution in [0.15, 0.2) is 64.6 Å². The normalized spacial score (nSPS) is 15.5. The number of benzene rings is 1. The molecule has 0 amide bonds. The number of sulfonamides is 1. The van der Waals surface area contributed by atoms with Crippen LogP contribution in [0.5, 0.6) is 0 Å². The Morgan fingerprint density at radius 3 is 2.20 bits per heavy atom. The molecule has 1 saturated heterocycles. The Morgan fingerprint density at radius 2 is 1.60 bits per heavy atom. The molecule has 0 unspecified atom stereocenters. The number of piperidine rings is 1. The summed E-state index contributed by atoms with van der Waals surface area (Å²) < 4.78 is 53.3. The summed E-state index contributed by atoms with van der Waals surface area (Å²) in [7, 11) is -7.54. The van der Waals surface area contributed by atoms with Crippen LogP contribution in [-0.2, 0) is 26.4 Å². The summed E-state index contributed by atoms with van der Waals surface area (Å²) in [6.07, 6.45) is 5.52. The molecule has 0 atom stereocenters. The molecule has 3 heterocycles. The highest BCUT2D eigenvalue weighted by Crippen LogP contribution is 2.28. The lowest BCUT2D eigenvalue weighted by Crippen LogP contribution is -2.47. The van der Waals surface area contributed by atoms with Gasteiger partial charge in [-0.05, 0) is 62.6 Å². The molecule has 0 aliphatic carbocycles. The number of aromatic nitrogens is 3. The van der Waals surface area contributed by atoms with E-state index in [-0.39, 0.29) is 22.4 Å². The van der Waals surface area contributed by atoms with Crippen LogP contribution < -0.4 is 4.90 Å². The molecule has 0 saturated carbocycles. The molecule has 1 fully saturated rings. The molecule has 3 aromatic rings. The summed E-state index contributed by atoms with van der Waals surface area (Å²) in [5.74, 6) is 0.656. The van der Waals surface area contributed by atoms with Gasteiger partial charge in [-0.2, -0.15) is 4.31 Å². The summed E-state index contributed by atoms with van der Waals surface area (Å²) in [5.41, 5.74) is 2.54. The average Bonchev–Trinajstić information content (AvgIpc) is 2.82. The number of sulfone groups is 1. The fraction of sp³-hybridized carbons (Fsp3) is 0.375. The van der Waals surface area contributed by atoms with Gasteiger partial charge in [-0.1, -0.05) is 12.1 Å². The van der Waals surface area contributed by atoms with Crippen LogP contribution >= 0.6 is 0 Å². The lowest BCUT2D eigenvalue weighted by atomic mass is 10.0. The summed E-state index contributed by atoms with van der Waals surface area (Å²) in [6.45, 7) is 5.21. The van der Waals surface area contributed by atoms with Gasteiger partial charge in [-0.25, -0.2) is 26.8 Å². The first-order valence-corrected chi connectivity index (χ1v) is 14.7.